The molecule has 0 aliphatic heterocycles. The molecule has 0 bridgehead atoms. The van der Waals surface area contributed by atoms with Gasteiger partial charge in [-0.3, -0.25) is 4.79 Å². The topological polar surface area (TPSA) is 61.8 Å². The van der Waals surface area contributed by atoms with E-state index in [9.17, 15) is 9.59 Å². The normalized spacial score (nSPS) is 11.3. The van der Waals surface area contributed by atoms with Gasteiger partial charge in [-0.2, -0.15) is 0 Å². The van der Waals surface area contributed by atoms with Gasteiger partial charge in [0.05, 0.1) is 20.6 Å². The highest BCUT2D eigenvalue weighted by Crippen LogP contribution is 2.30. The Morgan fingerprint density at radius 2 is 1.82 bits per heavy atom. The number of methoxy groups -OCH3 is 2. The molecule has 0 unspecified atom stereocenters. The Bertz CT molecular complexity index is 567. The molecule has 0 aromatic heterocycles. The second kappa shape index (κ2) is 7.64. The van der Waals surface area contributed by atoms with Gasteiger partial charge in [-0.25, -0.2) is 4.79 Å². The van der Waals surface area contributed by atoms with Crippen molar-refractivity contribution in [2.24, 2.45) is 5.41 Å². The van der Waals surface area contributed by atoms with Gasteiger partial charge in [-0.15, -0.1) is 0 Å². The summed E-state index contributed by atoms with van der Waals surface area (Å²) >= 11 is 0. The Kier molecular flexibility index (Phi) is 6.16. The van der Waals surface area contributed by atoms with Gasteiger partial charge >= 0.3 is 11.9 Å². The molecule has 0 heterocycles. The molecule has 0 fully saturated rings. The summed E-state index contributed by atoms with van der Waals surface area (Å²) in [6.45, 7) is 5.89. The molecule has 120 valence electrons. The van der Waals surface area contributed by atoms with Crippen LogP contribution in [0.1, 0.15) is 32.8 Å². The van der Waals surface area contributed by atoms with E-state index in [0.29, 0.717) is 17.9 Å². The molecule has 0 radical (unpaired) electrons. The zero-order valence-corrected chi connectivity index (χ0v) is 13.6. The monoisotopic (exact) mass is 306 g/mol. The average molecular weight is 306 g/mol. The Morgan fingerprint density at radius 1 is 1.14 bits per heavy atom. The second-order valence-electron chi connectivity index (χ2n) is 5.98. The van der Waals surface area contributed by atoms with Crippen molar-refractivity contribution in [3.63, 3.8) is 0 Å². The van der Waals surface area contributed by atoms with Gasteiger partial charge in [0.2, 0.25) is 0 Å². The number of rotatable bonds is 5. The standard InChI is InChI=1S/C17H22O5/c1-17(2,3)11-16(19)22-13-8-6-12(10-14(13)20-4)7-9-15(18)21-5/h6-10H,11H2,1-5H3. The minimum absolute atomic E-state index is 0.145. The van der Waals surface area contributed by atoms with E-state index in [1.54, 1.807) is 24.3 Å². The fourth-order valence-corrected chi connectivity index (χ4v) is 1.70. The Morgan fingerprint density at radius 3 is 2.36 bits per heavy atom. The van der Waals surface area contributed by atoms with Gasteiger partial charge in [0.1, 0.15) is 0 Å². The summed E-state index contributed by atoms with van der Waals surface area (Å²) in [4.78, 5) is 23.0. The predicted molar refractivity (Wildman–Crippen MR) is 83.8 cm³/mol. The van der Waals surface area contributed by atoms with Crippen LogP contribution in [0.4, 0.5) is 0 Å². The molecule has 5 nitrogen and oxygen atoms in total. The first-order valence-electron chi connectivity index (χ1n) is 6.90. The number of hydrogen-bond donors (Lipinski definition) is 0. The van der Waals surface area contributed by atoms with Crippen LogP contribution in [0, 0.1) is 5.41 Å². The van der Waals surface area contributed by atoms with Gasteiger partial charge in [0, 0.05) is 6.08 Å². The maximum Gasteiger partial charge on any atom is 0.330 e. The Hall–Kier alpha value is -2.30. The first kappa shape index (κ1) is 17.8. The number of ether oxygens (including phenoxy) is 3. The SMILES string of the molecule is COC(=O)C=Cc1ccc(OC(=O)CC(C)(C)C)c(OC)c1. The largest absolute Gasteiger partial charge is 0.493 e. The van der Waals surface area contributed by atoms with Gasteiger partial charge in [0.25, 0.3) is 0 Å². The van der Waals surface area contributed by atoms with Crippen molar-refractivity contribution in [1.82, 2.24) is 0 Å². The van der Waals surface area contributed by atoms with E-state index in [0.717, 1.165) is 5.56 Å². The first-order chi connectivity index (χ1) is 10.2. The molecule has 22 heavy (non-hydrogen) atoms. The van der Waals surface area contributed by atoms with Gasteiger partial charge in [-0.1, -0.05) is 26.8 Å². The molecular formula is C17H22O5. The molecule has 1 aromatic carbocycles. The highest BCUT2D eigenvalue weighted by Gasteiger charge is 2.19. The molecule has 0 amide bonds. The molecule has 0 spiro atoms. The number of esters is 2. The summed E-state index contributed by atoms with van der Waals surface area (Å²) < 4.78 is 15.1. The third kappa shape index (κ3) is 5.99. The Labute approximate surface area is 130 Å². The summed E-state index contributed by atoms with van der Waals surface area (Å²) in [6.07, 6.45) is 3.20. The van der Waals surface area contributed by atoms with E-state index in [1.807, 2.05) is 20.8 Å². The van der Waals surface area contributed by atoms with Crippen LogP contribution in [0.2, 0.25) is 0 Å². The third-order valence-electron chi connectivity index (χ3n) is 2.70. The fraction of sp³-hybridized carbons (Fsp3) is 0.412. The molecule has 5 heteroatoms. The van der Waals surface area contributed by atoms with Gasteiger partial charge in [0.15, 0.2) is 11.5 Å². The van der Waals surface area contributed by atoms with Crippen molar-refractivity contribution in [1.29, 1.82) is 0 Å². The number of hydrogen-bond acceptors (Lipinski definition) is 5. The summed E-state index contributed by atoms with van der Waals surface area (Å²) in [5, 5.41) is 0. The molecule has 1 rings (SSSR count). The van der Waals surface area contributed by atoms with Crippen molar-refractivity contribution in [2.45, 2.75) is 27.2 Å². The van der Waals surface area contributed by atoms with E-state index >= 15 is 0 Å². The molecule has 0 atom stereocenters. The zero-order valence-electron chi connectivity index (χ0n) is 13.6. The minimum Gasteiger partial charge on any atom is -0.493 e. The predicted octanol–water partition coefficient (Wildman–Crippen LogP) is 3.22. The third-order valence-corrected chi connectivity index (χ3v) is 2.70. The van der Waals surface area contributed by atoms with E-state index in [4.69, 9.17) is 9.47 Å². The number of carbonyl (C=O) groups is 2. The van der Waals surface area contributed by atoms with E-state index in [1.165, 1.54) is 20.3 Å². The lowest BCUT2D eigenvalue weighted by molar-refractivity contribution is -0.136. The van der Waals surface area contributed by atoms with Crippen molar-refractivity contribution < 1.29 is 23.8 Å². The first-order valence-corrected chi connectivity index (χ1v) is 6.90. The van der Waals surface area contributed by atoms with Crippen LogP contribution in [-0.4, -0.2) is 26.2 Å². The minimum atomic E-state index is -0.445. The van der Waals surface area contributed by atoms with Crippen molar-refractivity contribution in [2.75, 3.05) is 14.2 Å². The van der Waals surface area contributed by atoms with Crippen LogP contribution in [0.5, 0.6) is 11.5 Å². The van der Waals surface area contributed by atoms with E-state index in [-0.39, 0.29) is 11.4 Å². The van der Waals surface area contributed by atoms with Crippen LogP contribution in [0.15, 0.2) is 24.3 Å². The van der Waals surface area contributed by atoms with Crippen LogP contribution < -0.4 is 9.47 Å². The van der Waals surface area contributed by atoms with Gasteiger partial charge in [-0.05, 0) is 29.2 Å². The molecule has 0 aliphatic rings. The molecule has 0 aliphatic carbocycles. The number of carbonyl (C=O) groups excluding carboxylic acids is 2. The Balaban J connectivity index is 2.87. The van der Waals surface area contributed by atoms with Crippen LogP contribution in [0.3, 0.4) is 0 Å². The van der Waals surface area contributed by atoms with Crippen LogP contribution in [0.25, 0.3) is 6.08 Å². The lowest BCUT2D eigenvalue weighted by atomic mass is 9.92. The lowest BCUT2D eigenvalue weighted by Crippen LogP contribution is -2.17. The van der Waals surface area contributed by atoms with Crippen LogP contribution >= 0.6 is 0 Å². The van der Waals surface area contributed by atoms with E-state index in [2.05, 4.69) is 4.74 Å². The molecule has 0 saturated carbocycles. The van der Waals surface area contributed by atoms with Crippen molar-refractivity contribution >= 4 is 18.0 Å². The fourth-order valence-electron chi connectivity index (χ4n) is 1.70. The average Bonchev–Trinajstić information content (AvgIpc) is 2.43. The summed E-state index contributed by atoms with van der Waals surface area (Å²) in [5.41, 5.74) is 0.589. The highest BCUT2D eigenvalue weighted by atomic mass is 16.6. The molecule has 1 aromatic rings. The molecule has 0 N–H and O–H groups in total. The summed E-state index contributed by atoms with van der Waals surface area (Å²) in [6, 6.07) is 5.04. The molecule has 0 saturated heterocycles. The van der Waals surface area contributed by atoms with Crippen molar-refractivity contribution in [3.8, 4) is 11.5 Å². The highest BCUT2D eigenvalue weighted by molar-refractivity contribution is 5.87. The smallest absolute Gasteiger partial charge is 0.330 e. The number of benzene rings is 1. The van der Waals surface area contributed by atoms with Gasteiger partial charge < -0.3 is 14.2 Å². The second-order valence-corrected chi connectivity index (χ2v) is 5.98. The molecular weight excluding hydrogens is 284 g/mol. The maximum atomic E-state index is 11.9. The lowest BCUT2D eigenvalue weighted by Gasteiger charge is -2.17. The van der Waals surface area contributed by atoms with E-state index < -0.39 is 5.97 Å². The zero-order chi connectivity index (χ0) is 16.8. The quantitative estimate of drug-likeness (QED) is 0.475. The summed E-state index contributed by atoms with van der Waals surface area (Å²) in [7, 11) is 2.80. The maximum absolute atomic E-state index is 11.9. The van der Waals surface area contributed by atoms with Crippen molar-refractivity contribution in [3.05, 3.63) is 29.8 Å². The van der Waals surface area contributed by atoms with Crippen LogP contribution in [-0.2, 0) is 14.3 Å². The summed E-state index contributed by atoms with van der Waals surface area (Å²) in [5.74, 6) is 0.0181.